The Morgan fingerprint density at radius 1 is 1.38 bits per heavy atom. The summed E-state index contributed by atoms with van der Waals surface area (Å²) >= 11 is 3.38. The molecule has 2 rings (SSSR count). The first-order valence-corrected chi connectivity index (χ1v) is 7.75. The number of urea groups is 1. The van der Waals surface area contributed by atoms with Crippen molar-refractivity contribution in [3.8, 4) is 0 Å². The largest absolute Gasteiger partial charge is 0.481 e. The van der Waals surface area contributed by atoms with Gasteiger partial charge in [-0.2, -0.15) is 0 Å². The van der Waals surface area contributed by atoms with Crippen LogP contribution in [0.15, 0.2) is 28.7 Å². The fourth-order valence-corrected chi connectivity index (χ4v) is 2.92. The third-order valence-electron chi connectivity index (χ3n) is 4.04. The lowest BCUT2D eigenvalue weighted by atomic mass is 10.0. The molecular formula is C15H19BrN2O3. The van der Waals surface area contributed by atoms with Crippen molar-refractivity contribution in [3.63, 3.8) is 0 Å². The number of carbonyl (C=O) groups is 2. The lowest BCUT2D eigenvalue weighted by Gasteiger charge is -2.26. The van der Waals surface area contributed by atoms with E-state index in [9.17, 15) is 9.59 Å². The monoisotopic (exact) mass is 354 g/mol. The lowest BCUT2D eigenvalue weighted by Crippen LogP contribution is -2.44. The third kappa shape index (κ3) is 3.56. The Morgan fingerprint density at radius 2 is 2.00 bits per heavy atom. The van der Waals surface area contributed by atoms with Gasteiger partial charge >= 0.3 is 12.0 Å². The molecule has 1 heterocycles. The molecule has 0 bridgehead atoms. The van der Waals surface area contributed by atoms with Gasteiger partial charge in [-0.05, 0) is 38.0 Å². The smallest absolute Gasteiger partial charge is 0.318 e. The fourth-order valence-electron chi connectivity index (χ4n) is 2.66. The van der Waals surface area contributed by atoms with Crippen LogP contribution in [0.4, 0.5) is 4.79 Å². The summed E-state index contributed by atoms with van der Waals surface area (Å²) in [5.41, 5.74) is 1.01. The first-order chi connectivity index (χ1) is 9.90. The van der Waals surface area contributed by atoms with Crippen LogP contribution in [-0.2, 0) is 4.79 Å². The van der Waals surface area contributed by atoms with E-state index in [4.69, 9.17) is 5.11 Å². The number of carbonyl (C=O) groups excluding carboxylic acids is 1. The number of halogens is 1. The number of rotatable bonds is 3. The Bertz CT molecular complexity index is 532. The number of carboxylic acids is 1. The van der Waals surface area contributed by atoms with Gasteiger partial charge in [0.15, 0.2) is 0 Å². The van der Waals surface area contributed by atoms with Crippen LogP contribution in [-0.4, -0.2) is 34.6 Å². The average Bonchev–Trinajstić information content (AvgIpc) is 2.81. The zero-order valence-corrected chi connectivity index (χ0v) is 13.6. The molecule has 1 aliphatic heterocycles. The SMILES string of the molecule is CC(NC(=O)N1CCC(C(=O)O)C1C)c1ccc(Br)cc1. The van der Waals surface area contributed by atoms with Crippen molar-refractivity contribution in [1.29, 1.82) is 0 Å². The Labute approximate surface area is 132 Å². The molecule has 3 unspecified atom stereocenters. The summed E-state index contributed by atoms with van der Waals surface area (Å²) < 4.78 is 0.988. The van der Waals surface area contributed by atoms with Crippen LogP contribution in [0, 0.1) is 5.92 Å². The van der Waals surface area contributed by atoms with E-state index in [1.807, 2.05) is 31.2 Å². The van der Waals surface area contributed by atoms with Gasteiger partial charge in [0.05, 0.1) is 12.0 Å². The number of hydrogen-bond acceptors (Lipinski definition) is 2. The minimum absolute atomic E-state index is 0.123. The second-order valence-electron chi connectivity index (χ2n) is 5.39. The number of amides is 2. The van der Waals surface area contributed by atoms with Gasteiger partial charge in [0, 0.05) is 17.1 Å². The van der Waals surface area contributed by atoms with E-state index >= 15 is 0 Å². The highest BCUT2D eigenvalue weighted by atomic mass is 79.9. The van der Waals surface area contributed by atoms with Gasteiger partial charge in [-0.3, -0.25) is 4.79 Å². The quantitative estimate of drug-likeness (QED) is 0.876. The van der Waals surface area contributed by atoms with E-state index in [0.717, 1.165) is 10.0 Å². The zero-order valence-electron chi connectivity index (χ0n) is 12.0. The molecule has 1 aliphatic rings. The number of carboxylic acid groups (broad SMARTS) is 1. The van der Waals surface area contributed by atoms with Crippen molar-refractivity contribution in [3.05, 3.63) is 34.3 Å². The van der Waals surface area contributed by atoms with Crippen molar-refractivity contribution in [2.75, 3.05) is 6.54 Å². The topological polar surface area (TPSA) is 69.6 Å². The average molecular weight is 355 g/mol. The molecule has 6 heteroatoms. The molecule has 2 amide bonds. The Balaban J connectivity index is 1.98. The van der Waals surface area contributed by atoms with E-state index in [0.29, 0.717) is 13.0 Å². The Kier molecular flexibility index (Phi) is 4.88. The lowest BCUT2D eigenvalue weighted by molar-refractivity contribution is -0.142. The summed E-state index contributed by atoms with van der Waals surface area (Å²) in [6.07, 6.45) is 0.511. The number of nitrogens with zero attached hydrogens (tertiary/aromatic N) is 1. The molecule has 0 spiro atoms. The van der Waals surface area contributed by atoms with E-state index in [1.54, 1.807) is 11.8 Å². The van der Waals surface area contributed by atoms with Crippen LogP contribution >= 0.6 is 15.9 Å². The summed E-state index contributed by atoms with van der Waals surface area (Å²) in [4.78, 5) is 25.0. The van der Waals surface area contributed by atoms with Gasteiger partial charge in [-0.25, -0.2) is 4.79 Å². The van der Waals surface area contributed by atoms with Gasteiger partial charge in [0.25, 0.3) is 0 Å². The molecule has 1 saturated heterocycles. The molecule has 5 nitrogen and oxygen atoms in total. The minimum Gasteiger partial charge on any atom is -0.481 e. The molecule has 1 fully saturated rings. The summed E-state index contributed by atoms with van der Waals surface area (Å²) in [7, 11) is 0. The third-order valence-corrected chi connectivity index (χ3v) is 4.57. The van der Waals surface area contributed by atoms with Crippen LogP contribution in [0.1, 0.15) is 31.9 Å². The fraction of sp³-hybridized carbons (Fsp3) is 0.467. The summed E-state index contributed by atoms with van der Waals surface area (Å²) in [6.45, 7) is 4.18. The number of likely N-dealkylation sites (tertiary alicyclic amines) is 1. The van der Waals surface area contributed by atoms with Crippen LogP contribution in [0.2, 0.25) is 0 Å². The number of nitrogens with one attached hydrogen (secondary N) is 1. The van der Waals surface area contributed by atoms with Crippen LogP contribution < -0.4 is 5.32 Å². The predicted octanol–water partition coefficient (Wildman–Crippen LogP) is 3.01. The molecule has 0 radical (unpaired) electrons. The van der Waals surface area contributed by atoms with Crippen molar-refractivity contribution < 1.29 is 14.7 Å². The van der Waals surface area contributed by atoms with Crippen molar-refractivity contribution in [2.45, 2.75) is 32.4 Å². The maximum Gasteiger partial charge on any atom is 0.318 e. The first-order valence-electron chi connectivity index (χ1n) is 6.95. The number of hydrogen-bond donors (Lipinski definition) is 2. The van der Waals surface area contributed by atoms with E-state index < -0.39 is 11.9 Å². The molecule has 2 N–H and O–H groups in total. The summed E-state index contributed by atoms with van der Waals surface area (Å²) in [6, 6.07) is 7.14. The highest BCUT2D eigenvalue weighted by Gasteiger charge is 2.38. The molecule has 0 aliphatic carbocycles. The first kappa shape index (κ1) is 15.8. The number of aliphatic carboxylic acids is 1. The molecule has 1 aromatic rings. The van der Waals surface area contributed by atoms with Gasteiger partial charge in [-0.15, -0.1) is 0 Å². The van der Waals surface area contributed by atoms with Crippen LogP contribution in [0.5, 0.6) is 0 Å². The second-order valence-corrected chi connectivity index (χ2v) is 6.31. The second kappa shape index (κ2) is 6.47. The standard InChI is InChI=1S/C15H19BrN2O3/c1-9(11-3-5-12(16)6-4-11)17-15(21)18-8-7-13(10(18)2)14(19)20/h3-6,9-10,13H,7-8H2,1-2H3,(H,17,21)(H,19,20). The van der Waals surface area contributed by atoms with E-state index in [-0.39, 0.29) is 18.1 Å². The maximum atomic E-state index is 12.3. The highest BCUT2D eigenvalue weighted by Crippen LogP contribution is 2.25. The van der Waals surface area contributed by atoms with Crippen LogP contribution in [0.25, 0.3) is 0 Å². The van der Waals surface area contributed by atoms with Crippen molar-refractivity contribution in [1.82, 2.24) is 10.2 Å². The molecular weight excluding hydrogens is 336 g/mol. The maximum absolute atomic E-state index is 12.3. The molecule has 114 valence electrons. The molecule has 1 aromatic carbocycles. The Hall–Kier alpha value is -1.56. The molecule has 0 aromatic heterocycles. The van der Waals surface area contributed by atoms with Crippen LogP contribution in [0.3, 0.4) is 0 Å². The molecule has 21 heavy (non-hydrogen) atoms. The van der Waals surface area contributed by atoms with Gasteiger partial charge in [0.1, 0.15) is 0 Å². The number of benzene rings is 1. The van der Waals surface area contributed by atoms with Gasteiger partial charge < -0.3 is 15.3 Å². The van der Waals surface area contributed by atoms with E-state index in [2.05, 4.69) is 21.2 Å². The minimum atomic E-state index is -0.834. The van der Waals surface area contributed by atoms with Crippen molar-refractivity contribution >= 4 is 27.9 Å². The molecule has 0 saturated carbocycles. The van der Waals surface area contributed by atoms with Gasteiger partial charge in [0.2, 0.25) is 0 Å². The summed E-state index contributed by atoms with van der Waals surface area (Å²) in [5.74, 6) is -1.31. The van der Waals surface area contributed by atoms with Crippen molar-refractivity contribution in [2.24, 2.45) is 5.92 Å². The summed E-state index contributed by atoms with van der Waals surface area (Å²) in [5, 5.41) is 12.0. The predicted molar refractivity (Wildman–Crippen MR) is 83.0 cm³/mol. The normalized spacial score (nSPS) is 22.9. The highest BCUT2D eigenvalue weighted by molar-refractivity contribution is 9.10. The Morgan fingerprint density at radius 3 is 2.52 bits per heavy atom. The van der Waals surface area contributed by atoms with Gasteiger partial charge in [-0.1, -0.05) is 28.1 Å². The van der Waals surface area contributed by atoms with E-state index in [1.165, 1.54) is 0 Å². The molecule has 3 atom stereocenters. The zero-order chi connectivity index (χ0) is 15.6.